The molecule has 0 aliphatic heterocycles. The summed E-state index contributed by atoms with van der Waals surface area (Å²) in [7, 11) is 0. The number of anilines is 2. The Morgan fingerprint density at radius 1 is 1.11 bits per heavy atom. The predicted octanol–water partition coefficient (Wildman–Crippen LogP) is 4.29. The van der Waals surface area contributed by atoms with Crippen LogP contribution in [0, 0.1) is 5.82 Å². The van der Waals surface area contributed by atoms with Gasteiger partial charge in [0, 0.05) is 16.8 Å². The lowest BCUT2D eigenvalue weighted by Gasteiger charge is -2.27. The molecule has 1 aliphatic rings. The van der Waals surface area contributed by atoms with E-state index in [1.807, 2.05) is 30.3 Å². The topological polar surface area (TPSA) is 107 Å². The molecule has 4 aromatic rings. The zero-order valence-corrected chi connectivity index (χ0v) is 19.4. The molecule has 1 saturated carbocycles. The fourth-order valence-electron chi connectivity index (χ4n) is 4.38. The molecular weight excluding hydrogens is 459 g/mol. The molecular formula is C27H23FN6O2. The summed E-state index contributed by atoms with van der Waals surface area (Å²) in [5.74, 6) is -1.07. The van der Waals surface area contributed by atoms with E-state index in [0.29, 0.717) is 28.8 Å². The summed E-state index contributed by atoms with van der Waals surface area (Å²) in [5, 5.41) is 5.27. The molecule has 9 heteroatoms. The first-order valence-corrected chi connectivity index (χ1v) is 11.3. The van der Waals surface area contributed by atoms with Crippen LogP contribution in [0.5, 0.6) is 0 Å². The number of para-hydroxylation sites is 1. The van der Waals surface area contributed by atoms with E-state index in [1.54, 1.807) is 15.6 Å². The fourth-order valence-corrected chi connectivity index (χ4v) is 4.38. The van der Waals surface area contributed by atoms with Crippen molar-refractivity contribution in [2.75, 3.05) is 17.2 Å². The monoisotopic (exact) mass is 482 g/mol. The lowest BCUT2D eigenvalue weighted by Crippen LogP contribution is -2.39. The molecule has 1 aliphatic carbocycles. The van der Waals surface area contributed by atoms with Crippen molar-refractivity contribution in [2.45, 2.75) is 18.4 Å². The predicted molar refractivity (Wildman–Crippen MR) is 136 cm³/mol. The molecule has 0 atom stereocenters. The molecule has 2 N–H and O–H groups in total. The van der Waals surface area contributed by atoms with Crippen molar-refractivity contribution in [1.29, 1.82) is 0 Å². The van der Waals surface area contributed by atoms with Crippen LogP contribution in [0.4, 0.5) is 15.9 Å². The molecule has 5 rings (SSSR count). The largest absolute Gasteiger partial charge is 0.383 e. The SMILES string of the molecule is C=CC(=O)c1cc(F)cc(-c2nn(C3(CN(C(=O)C=C)c4ccccc4)CC3)c3ncnc(N)c23)c1. The molecule has 1 fully saturated rings. The van der Waals surface area contributed by atoms with Crippen molar-refractivity contribution in [2.24, 2.45) is 0 Å². The normalized spacial score (nSPS) is 13.8. The maximum Gasteiger partial charge on any atom is 0.250 e. The number of amides is 1. The van der Waals surface area contributed by atoms with Crippen molar-refractivity contribution in [1.82, 2.24) is 19.7 Å². The number of nitrogen functional groups attached to an aromatic ring is 1. The summed E-state index contributed by atoms with van der Waals surface area (Å²) < 4.78 is 16.3. The van der Waals surface area contributed by atoms with E-state index in [4.69, 9.17) is 10.8 Å². The highest BCUT2D eigenvalue weighted by Gasteiger charge is 2.49. The number of hydrogen-bond acceptors (Lipinski definition) is 6. The van der Waals surface area contributed by atoms with Crippen LogP contribution in [0.2, 0.25) is 0 Å². The molecule has 2 aromatic heterocycles. The number of ketones is 1. The number of fused-ring (bicyclic) bond motifs is 1. The van der Waals surface area contributed by atoms with Gasteiger partial charge in [0.2, 0.25) is 5.91 Å². The highest BCUT2D eigenvalue weighted by atomic mass is 19.1. The number of carbonyl (C=O) groups excluding carboxylic acids is 2. The Morgan fingerprint density at radius 2 is 1.86 bits per heavy atom. The summed E-state index contributed by atoms with van der Waals surface area (Å²) in [6.45, 7) is 7.46. The number of nitrogens with zero attached hydrogens (tertiary/aromatic N) is 5. The zero-order valence-electron chi connectivity index (χ0n) is 19.4. The molecule has 1 amide bonds. The van der Waals surface area contributed by atoms with Crippen molar-refractivity contribution >= 4 is 34.2 Å². The quantitative estimate of drug-likeness (QED) is 0.297. The third-order valence-corrected chi connectivity index (χ3v) is 6.37. The van der Waals surface area contributed by atoms with E-state index in [9.17, 15) is 14.0 Å². The van der Waals surface area contributed by atoms with Crippen LogP contribution < -0.4 is 10.6 Å². The summed E-state index contributed by atoms with van der Waals surface area (Å²) in [4.78, 5) is 35.2. The maximum atomic E-state index is 14.5. The van der Waals surface area contributed by atoms with Gasteiger partial charge in [-0.3, -0.25) is 9.59 Å². The Bertz CT molecular complexity index is 1520. The summed E-state index contributed by atoms with van der Waals surface area (Å²) in [6, 6.07) is 13.3. The van der Waals surface area contributed by atoms with Gasteiger partial charge in [0.1, 0.15) is 23.7 Å². The Morgan fingerprint density at radius 3 is 2.53 bits per heavy atom. The second-order valence-corrected chi connectivity index (χ2v) is 8.70. The average Bonchev–Trinajstić information content (AvgIpc) is 3.57. The van der Waals surface area contributed by atoms with Gasteiger partial charge in [-0.1, -0.05) is 31.4 Å². The van der Waals surface area contributed by atoms with Crippen LogP contribution >= 0.6 is 0 Å². The van der Waals surface area contributed by atoms with Gasteiger partial charge in [-0.25, -0.2) is 19.0 Å². The van der Waals surface area contributed by atoms with E-state index < -0.39 is 17.1 Å². The van der Waals surface area contributed by atoms with Gasteiger partial charge in [-0.2, -0.15) is 5.10 Å². The Kier molecular flexibility index (Phi) is 5.68. The highest BCUT2D eigenvalue weighted by Crippen LogP contribution is 2.47. The molecule has 0 bridgehead atoms. The molecule has 36 heavy (non-hydrogen) atoms. The minimum atomic E-state index is -0.594. The molecule has 180 valence electrons. The third-order valence-electron chi connectivity index (χ3n) is 6.37. The molecule has 8 nitrogen and oxygen atoms in total. The summed E-state index contributed by atoms with van der Waals surface area (Å²) >= 11 is 0. The lowest BCUT2D eigenvalue weighted by molar-refractivity contribution is -0.114. The van der Waals surface area contributed by atoms with E-state index in [-0.39, 0.29) is 17.3 Å². The highest BCUT2D eigenvalue weighted by molar-refractivity contribution is 6.06. The molecule has 2 aromatic carbocycles. The third kappa shape index (κ3) is 3.94. The van der Waals surface area contributed by atoms with Crippen LogP contribution in [0.3, 0.4) is 0 Å². The first-order valence-electron chi connectivity index (χ1n) is 11.3. The second-order valence-electron chi connectivity index (χ2n) is 8.70. The Balaban J connectivity index is 1.66. The summed E-state index contributed by atoms with van der Waals surface area (Å²) in [6.07, 6.45) is 5.23. The molecule has 2 heterocycles. The number of rotatable bonds is 8. The smallest absolute Gasteiger partial charge is 0.250 e. The number of halogens is 1. The van der Waals surface area contributed by atoms with E-state index in [0.717, 1.165) is 30.7 Å². The number of nitrogens with two attached hydrogens (primary N) is 1. The zero-order chi connectivity index (χ0) is 25.4. The second kappa shape index (κ2) is 8.84. The Hall–Kier alpha value is -4.66. The van der Waals surface area contributed by atoms with Crippen LogP contribution in [0.25, 0.3) is 22.3 Å². The molecule has 0 spiro atoms. The number of benzene rings is 2. The first-order chi connectivity index (χ1) is 17.4. The van der Waals surface area contributed by atoms with Gasteiger partial charge in [-0.05, 0) is 55.3 Å². The van der Waals surface area contributed by atoms with E-state index in [1.165, 1.54) is 18.5 Å². The van der Waals surface area contributed by atoms with Crippen molar-refractivity contribution in [3.8, 4) is 11.3 Å². The minimum Gasteiger partial charge on any atom is -0.383 e. The van der Waals surface area contributed by atoms with Crippen LogP contribution in [0.1, 0.15) is 23.2 Å². The standard InChI is InChI=1S/C27H23FN6O2/c1-3-21(35)17-12-18(14-19(28)13-17)24-23-25(29)30-16-31-26(23)34(32-24)27(10-11-27)15-33(22(36)4-2)20-8-6-5-7-9-20/h3-9,12-14,16H,1-2,10-11,15H2,(H2,29,30,31). The fraction of sp³-hybridized carbons (Fsp3) is 0.148. The van der Waals surface area contributed by atoms with Crippen molar-refractivity contribution < 1.29 is 14.0 Å². The van der Waals surface area contributed by atoms with E-state index in [2.05, 4.69) is 23.1 Å². The van der Waals surface area contributed by atoms with Gasteiger partial charge < -0.3 is 10.6 Å². The van der Waals surface area contributed by atoms with E-state index >= 15 is 0 Å². The van der Waals surface area contributed by atoms with Gasteiger partial charge in [0.25, 0.3) is 0 Å². The van der Waals surface area contributed by atoms with Gasteiger partial charge in [0.05, 0.1) is 17.5 Å². The van der Waals surface area contributed by atoms with Crippen LogP contribution in [-0.4, -0.2) is 38.0 Å². The minimum absolute atomic E-state index is 0.145. The van der Waals surface area contributed by atoms with Gasteiger partial charge in [0.15, 0.2) is 11.4 Å². The Labute approximate surface area is 206 Å². The molecule has 0 radical (unpaired) electrons. The number of carbonyl (C=O) groups is 2. The number of hydrogen-bond donors (Lipinski definition) is 1. The molecule has 0 unspecified atom stereocenters. The summed E-state index contributed by atoms with van der Waals surface area (Å²) in [5.41, 5.74) is 7.74. The lowest BCUT2D eigenvalue weighted by atomic mass is 10.0. The first kappa shape index (κ1) is 23.1. The van der Waals surface area contributed by atoms with Gasteiger partial charge in [-0.15, -0.1) is 0 Å². The number of allylic oxidation sites excluding steroid dienone is 1. The van der Waals surface area contributed by atoms with Crippen molar-refractivity contribution in [3.05, 3.63) is 91.5 Å². The van der Waals surface area contributed by atoms with Crippen LogP contribution in [0.15, 0.2) is 80.2 Å². The average molecular weight is 483 g/mol. The van der Waals surface area contributed by atoms with Gasteiger partial charge >= 0.3 is 0 Å². The number of aromatic nitrogens is 4. The van der Waals surface area contributed by atoms with Crippen molar-refractivity contribution in [3.63, 3.8) is 0 Å². The maximum absolute atomic E-state index is 14.5. The van der Waals surface area contributed by atoms with Crippen LogP contribution in [-0.2, 0) is 10.3 Å². The molecule has 0 saturated heterocycles.